The second-order valence-electron chi connectivity index (χ2n) is 6.35. The van der Waals surface area contributed by atoms with Gasteiger partial charge >= 0.3 is 0 Å². The van der Waals surface area contributed by atoms with Crippen LogP contribution in [0, 0.1) is 0 Å². The highest BCUT2D eigenvalue weighted by Gasteiger charge is 2.19. The maximum Gasteiger partial charge on any atom is 0.193 e. The molecule has 0 spiro atoms. The molecule has 0 saturated carbocycles. The van der Waals surface area contributed by atoms with Gasteiger partial charge in [0.05, 0.1) is 7.11 Å². The molecular weight excluding hydrogens is 451 g/mol. The summed E-state index contributed by atoms with van der Waals surface area (Å²) in [4.78, 5) is 9.23. The Labute approximate surface area is 179 Å². The van der Waals surface area contributed by atoms with Crippen molar-refractivity contribution in [2.45, 2.75) is 6.42 Å². The summed E-state index contributed by atoms with van der Waals surface area (Å²) >= 11 is 0. The number of piperazine rings is 1. The molecule has 1 aliphatic rings. The number of guanidine groups is 1. The number of methoxy groups -OCH3 is 1. The molecule has 0 unspecified atom stereocenters. The zero-order valence-corrected chi connectivity index (χ0v) is 18.4. The number of aliphatic imine (C=N–C) groups is 1. The van der Waals surface area contributed by atoms with Crippen molar-refractivity contribution in [3.05, 3.63) is 60.2 Å². The molecule has 0 amide bonds. The number of para-hydroxylation sites is 2. The Balaban J connectivity index is 0.00000261. The molecule has 0 radical (unpaired) electrons. The number of anilines is 1. The molecular formula is C21H29IN4O. The van der Waals surface area contributed by atoms with Gasteiger partial charge in [0.15, 0.2) is 5.96 Å². The Bertz CT molecular complexity index is 715. The van der Waals surface area contributed by atoms with Crippen LogP contribution in [0.5, 0.6) is 5.75 Å². The van der Waals surface area contributed by atoms with Gasteiger partial charge in [-0.2, -0.15) is 0 Å². The molecule has 3 rings (SSSR count). The molecule has 146 valence electrons. The summed E-state index contributed by atoms with van der Waals surface area (Å²) in [6.07, 6.45) is 0.910. The van der Waals surface area contributed by atoms with Crippen molar-refractivity contribution in [1.82, 2.24) is 10.2 Å². The molecule has 2 aromatic carbocycles. The molecule has 0 atom stereocenters. The zero-order chi connectivity index (χ0) is 18.2. The van der Waals surface area contributed by atoms with Gasteiger partial charge in [0.1, 0.15) is 5.75 Å². The van der Waals surface area contributed by atoms with Crippen LogP contribution in [0.2, 0.25) is 0 Å². The number of hydrogen-bond donors (Lipinski definition) is 1. The van der Waals surface area contributed by atoms with Gasteiger partial charge in [0.25, 0.3) is 0 Å². The zero-order valence-electron chi connectivity index (χ0n) is 16.1. The second-order valence-corrected chi connectivity index (χ2v) is 6.35. The Morgan fingerprint density at radius 3 is 2.33 bits per heavy atom. The maximum atomic E-state index is 5.43. The van der Waals surface area contributed by atoms with Crippen molar-refractivity contribution < 1.29 is 4.74 Å². The van der Waals surface area contributed by atoms with Crippen molar-refractivity contribution >= 4 is 35.6 Å². The lowest BCUT2D eigenvalue weighted by Gasteiger charge is -2.37. The average Bonchev–Trinajstić information content (AvgIpc) is 2.72. The van der Waals surface area contributed by atoms with Crippen molar-refractivity contribution in [3.8, 4) is 5.75 Å². The molecule has 0 aromatic heterocycles. The first kappa shape index (κ1) is 21.3. The number of benzene rings is 2. The van der Waals surface area contributed by atoms with Crippen LogP contribution in [0.4, 0.5) is 5.69 Å². The lowest BCUT2D eigenvalue weighted by molar-refractivity contribution is 0.372. The van der Waals surface area contributed by atoms with Gasteiger partial charge in [-0.15, -0.1) is 24.0 Å². The van der Waals surface area contributed by atoms with E-state index in [0.29, 0.717) is 0 Å². The lowest BCUT2D eigenvalue weighted by Crippen LogP contribution is -2.52. The average molecular weight is 480 g/mol. The number of hydrogen-bond acceptors (Lipinski definition) is 3. The van der Waals surface area contributed by atoms with Crippen molar-refractivity contribution in [3.63, 3.8) is 0 Å². The number of nitrogens with one attached hydrogen (secondary N) is 1. The van der Waals surface area contributed by atoms with Crippen LogP contribution in [-0.2, 0) is 6.42 Å². The number of nitrogens with zero attached hydrogens (tertiary/aromatic N) is 3. The molecule has 5 nitrogen and oxygen atoms in total. The maximum absolute atomic E-state index is 5.43. The molecule has 6 heteroatoms. The van der Waals surface area contributed by atoms with Crippen LogP contribution in [0.1, 0.15) is 5.56 Å². The fourth-order valence-corrected chi connectivity index (χ4v) is 3.37. The topological polar surface area (TPSA) is 40.1 Å². The van der Waals surface area contributed by atoms with E-state index in [0.717, 1.165) is 50.9 Å². The first-order valence-electron chi connectivity index (χ1n) is 9.19. The molecule has 1 fully saturated rings. The summed E-state index contributed by atoms with van der Waals surface area (Å²) in [6.45, 7) is 4.81. The van der Waals surface area contributed by atoms with Crippen LogP contribution in [0.15, 0.2) is 59.6 Å². The highest BCUT2D eigenvalue weighted by molar-refractivity contribution is 14.0. The number of rotatable bonds is 5. The van der Waals surface area contributed by atoms with Crippen molar-refractivity contribution in [2.24, 2.45) is 4.99 Å². The Morgan fingerprint density at radius 2 is 1.67 bits per heavy atom. The Hall–Kier alpha value is -1.96. The molecule has 1 aliphatic heterocycles. The van der Waals surface area contributed by atoms with Gasteiger partial charge < -0.3 is 19.9 Å². The van der Waals surface area contributed by atoms with E-state index in [1.54, 1.807) is 7.11 Å². The molecule has 0 bridgehead atoms. The minimum absolute atomic E-state index is 0. The minimum Gasteiger partial charge on any atom is -0.496 e. The van der Waals surface area contributed by atoms with Gasteiger partial charge in [0, 0.05) is 45.5 Å². The molecule has 27 heavy (non-hydrogen) atoms. The summed E-state index contributed by atoms with van der Waals surface area (Å²) in [5, 5.41) is 3.50. The normalized spacial score (nSPS) is 14.5. The molecule has 1 heterocycles. The smallest absolute Gasteiger partial charge is 0.193 e. The summed E-state index contributed by atoms with van der Waals surface area (Å²) in [5.74, 6) is 1.92. The van der Waals surface area contributed by atoms with Crippen molar-refractivity contribution in [1.29, 1.82) is 0 Å². The van der Waals surface area contributed by atoms with E-state index >= 15 is 0 Å². The Morgan fingerprint density at radius 1 is 1.00 bits per heavy atom. The summed E-state index contributed by atoms with van der Waals surface area (Å²) < 4.78 is 5.43. The summed E-state index contributed by atoms with van der Waals surface area (Å²) in [5.41, 5.74) is 2.51. The van der Waals surface area contributed by atoms with E-state index in [9.17, 15) is 0 Å². The Kier molecular flexibility index (Phi) is 8.71. The third-order valence-corrected chi connectivity index (χ3v) is 4.78. The van der Waals surface area contributed by atoms with Crippen LogP contribution in [-0.4, -0.2) is 57.7 Å². The van der Waals surface area contributed by atoms with Gasteiger partial charge in [-0.1, -0.05) is 36.4 Å². The predicted molar refractivity (Wildman–Crippen MR) is 124 cm³/mol. The van der Waals surface area contributed by atoms with E-state index in [1.165, 1.54) is 11.3 Å². The van der Waals surface area contributed by atoms with Crippen LogP contribution < -0.4 is 15.0 Å². The van der Waals surface area contributed by atoms with Crippen molar-refractivity contribution in [2.75, 3.05) is 51.8 Å². The van der Waals surface area contributed by atoms with Gasteiger partial charge in [-0.05, 0) is 30.2 Å². The molecule has 0 aliphatic carbocycles. The number of ether oxygens (including phenoxy) is 1. The lowest BCUT2D eigenvalue weighted by atomic mass is 10.1. The fraction of sp³-hybridized carbons (Fsp3) is 0.381. The highest BCUT2D eigenvalue weighted by atomic mass is 127. The predicted octanol–water partition coefficient (Wildman–Crippen LogP) is 3.25. The third kappa shape index (κ3) is 5.76. The number of halogens is 1. The molecule has 1 N–H and O–H groups in total. The second kappa shape index (κ2) is 11.0. The van der Waals surface area contributed by atoms with E-state index in [1.807, 2.05) is 19.2 Å². The van der Waals surface area contributed by atoms with Gasteiger partial charge in [-0.3, -0.25) is 4.99 Å². The van der Waals surface area contributed by atoms with Crippen LogP contribution >= 0.6 is 24.0 Å². The molecule has 2 aromatic rings. The first-order chi connectivity index (χ1) is 12.8. The van der Waals surface area contributed by atoms with Crippen LogP contribution in [0.25, 0.3) is 0 Å². The van der Waals surface area contributed by atoms with E-state index < -0.39 is 0 Å². The quantitative estimate of drug-likeness (QED) is 0.405. The largest absolute Gasteiger partial charge is 0.496 e. The minimum atomic E-state index is 0. The van der Waals surface area contributed by atoms with Gasteiger partial charge in [-0.25, -0.2) is 0 Å². The van der Waals surface area contributed by atoms with Gasteiger partial charge in [0.2, 0.25) is 0 Å². The monoisotopic (exact) mass is 480 g/mol. The third-order valence-electron chi connectivity index (χ3n) is 4.78. The van der Waals surface area contributed by atoms with E-state index in [-0.39, 0.29) is 24.0 Å². The summed E-state index contributed by atoms with van der Waals surface area (Å²) in [7, 11) is 3.58. The SMILES string of the molecule is CN=C(NCCc1ccccc1OC)N1CCN(c2ccccc2)CC1.I. The van der Waals surface area contributed by atoms with E-state index in [4.69, 9.17) is 4.74 Å². The first-order valence-corrected chi connectivity index (χ1v) is 9.19. The fourth-order valence-electron chi connectivity index (χ4n) is 3.37. The van der Waals surface area contributed by atoms with Crippen LogP contribution in [0.3, 0.4) is 0 Å². The highest BCUT2D eigenvalue weighted by Crippen LogP contribution is 2.18. The summed E-state index contributed by atoms with van der Waals surface area (Å²) in [6, 6.07) is 18.8. The van der Waals surface area contributed by atoms with E-state index in [2.05, 4.69) is 62.6 Å². The standard InChI is InChI=1S/C21H28N4O.HI/c1-22-21(23-13-12-18-8-6-7-11-20(18)26-2)25-16-14-24(15-17-25)19-9-4-3-5-10-19;/h3-11H,12-17H2,1-2H3,(H,22,23);1H. The molecule has 1 saturated heterocycles.